The van der Waals surface area contributed by atoms with E-state index in [0.29, 0.717) is 11.7 Å². The first-order chi connectivity index (χ1) is 12.0. The van der Waals surface area contributed by atoms with Crippen LogP contribution in [-0.2, 0) is 6.54 Å². The summed E-state index contributed by atoms with van der Waals surface area (Å²) in [6, 6.07) is 6.51. The van der Waals surface area contributed by atoms with Crippen molar-refractivity contribution in [2.24, 2.45) is 5.92 Å². The molecule has 5 heteroatoms. The molecule has 1 aromatic rings. The highest BCUT2D eigenvalue weighted by Crippen LogP contribution is 2.50. The van der Waals surface area contributed by atoms with Gasteiger partial charge in [-0.2, -0.15) is 0 Å². The summed E-state index contributed by atoms with van der Waals surface area (Å²) in [5.74, 6) is -0.0280. The van der Waals surface area contributed by atoms with Gasteiger partial charge in [-0.3, -0.25) is 0 Å². The normalized spacial score (nSPS) is 31.5. The average Bonchev–Trinajstić information content (AvgIpc) is 2.61. The fraction of sp³-hybridized carbons (Fsp3) is 0.650. The van der Waals surface area contributed by atoms with Gasteiger partial charge in [0.25, 0.3) is 0 Å². The van der Waals surface area contributed by atoms with Crippen LogP contribution in [0, 0.1) is 11.7 Å². The minimum Gasteiger partial charge on any atom is -0.370 e. The zero-order chi connectivity index (χ0) is 17.5. The summed E-state index contributed by atoms with van der Waals surface area (Å²) in [7, 11) is 0. The number of aliphatic hydroxyl groups is 1. The molecule has 2 aliphatic carbocycles. The highest BCUT2D eigenvalue weighted by Gasteiger charge is 2.58. The maximum absolute atomic E-state index is 13.2. The van der Waals surface area contributed by atoms with Crippen LogP contribution in [0.25, 0.3) is 0 Å². The van der Waals surface area contributed by atoms with Crippen LogP contribution < -0.4 is 5.32 Å². The number of halogens is 1. The number of hydrogen-bond donors (Lipinski definition) is 2. The zero-order valence-corrected chi connectivity index (χ0v) is 15.5. The van der Waals surface area contributed by atoms with Crippen molar-refractivity contribution >= 4 is 17.3 Å². The summed E-state index contributed by atoms with van der Waals surface area (Å²) in [6.07, 6.45) is 9.92. The number of benzene rings is 1. The van der Waals surface area contributed by atoms with Crippen molar-refractivity contribution in [3.05, 3.63) is 35.6 Å². The molecule has 3 aliphatic rings. The van der Waals surface area contributed by atoms with E-state index in [4.69, 9.17) is 12.2 Å². The van der Waals surface area contributed by atoms with E-state index in [-0.39, 0.29) is 17.3 Å². The fourth-order valence-electron chi connectivity index (χ4n) is 5.36. The fourth-order valence-corrected chi connectivity index (χ4v) is 5.79. The van der Waals surface area contributed by atoms with Gasteiger partial charge in [0, 0.05) is 18.0 Å². The van der Waals surface area contributed by atoms with E-state index in [9.17, 15) is 9.50 Å². The maximum Gasteiger partial charge on any atom is 0.171 e. The van der Waals surface area contributed by atoms with Crippen LogP contribution in [0.15, 0.2) is 24.3 Å². The number of nitrogens with zero attached hydrogens (tertiary/aromatic N) is 1. The van der Waals surface area contributed by atoms with Crippen molar-refractivity contribution in [3.8, 4) is 0 Å². The van der Waals surface area contributed by atoms with Crippen LogP contribution in [0.1, 0.15) is 63.4 Å². The smallest absolute Gasteiger partial charge is 0.171 e. The number of hydrogen-bond acceptors (Lipinski definition) is 2. The van der Waals surface area contributed by atoms with Crippen molar-refractivity contribution in [3.63, 3.8) is 0 Å². The first kappa shape index (κ1) is 17.2. The second-order valence-electron chi connectivity index (χ2n) is 8.04. The van der Waals surface area contributed by atoms with Gasteiger partial charge in [0.05, 0.1) is 0 Å². The van der Waals surface area contributed by atoms with Gasteiger partial charge < -0.3 is 15.3 Å². The van der Waals surface area contributed by atoms with Gasteiger partial charge in [-0.25, -0.2) is 4.39 Å². The Morgan fingerprint density at radius 1 is 1.08 bits per heavy atom. The van der Waals surface area contributed by atoms with Crippen LogP contribution in [0.4, 0.5) is 4.39 Å². The molecule has 0 radical (unpaired) electrons. The number of rotatable bonds is 2. The monoisotopic (exact) mass is 362 g/mol. The molecule has 0 amide bonds. The molecule has 3 nitrogen and oxygen atoms in total. The van der Waals surface area contributed by atoms with E-state index < -0.39 is 5.72 Å². The summed E-state index contributed by atoms with van der Waals surface area (Å²) >= 11 is 5.73. The van der Waals surface area contributed by atoms with Crippen molar-refractivity contribution in [1.82, 2.24) is 10.2 Å². The largest absolute Gasteiger partial charge is 0.370 e. The molecule has 2 saturated carbocycles. The van der Waals surface area contributed by atoms with Gasteiger partial charge in [-0.05, 0) is 62.0 Å². The molecule has 2 atom stereocenters. The first-order valence-electron chi connectivity index (χ1n) is 9.60. The third-order valence-corrected chi connectivity index (χ3v) is 6.90. The third kappa shape index (κ3) is 2.95. The van der Waals surface area contributed by atoms with Gasteiger partial charge in [0.2, 0.25) is 0 Å². The molecule has 2 N–H and O–H groups in total. The second-order valence-corrected chi connectivity index (χ2v) is 8.42. The number of nitrogens with one attached hydrogen (secondary N) is 1. The molecule has 0 bridgehead atoms. The van der Waals surface area contributed by atoms with E-state index in [1.807, 2.05) is 4.90 Å². The quantitative estimate of drug-likeness (QED) is 0.777. The highest BCUT2D eigenvalue weighted by molar-refractivity contribution is 7.80. The van der Waals surface area contributed by atoms with Gasteiger partial charge in [-0.1, -0.05) is 37.8 Å². The van der Waals surface area contributed by atoms with Crippen LogP contribution in [0.3, 0.4) is 0 Å². The standard InChI is InChI=1S/C20H27FN2OS/c21-16-9-7-15(8-10-16)14-23-18(25)22-19(11-3-1-4-12-19)17-6-2-5-13-20(17,23)24/h7-10,17,24H,1-6,11-14H2,(H,22,25)/t17-,20-/m1/s1. The molecule has 4 rings (SSSR count). The number of thiocarbonyl (C=S) groups is 1. The highest BCUT2D eigenvalue weighted by atomic mass is 32.1. The molecule has 1 aliphatic heterocycles. The molecule has 1 saturated heterocycles. The van der Waals surface area contributed by atoms with Crippen LogP contribution >= 0.6 is 12.2 Å². The lowest BCUT2D eigenvalue weighted by Gasteiger charge is -2.61. The molecule has 1 spiro atoms. The SMILES string of the molecule is O[C@]12CCCC[C@@H]1C1(CCCCC1)NC(=S)N2Cc1ccc(F)cc1. The second kappa shape index (κ2) is 6.51. The molecule has 25 heavy (non-hydrogen) atoms. The summed E-state index contributed by atoms with van der Waals surface area (Å²) in [6.45, 7) is 0.523. The van der Waals surface area contributed by atoms with Crippen molar-refractivity contribution in [2.75, 3.05) is 0 Å². The molecular weight excluding hydrogens is 335 g/mol. The van der Waals surface area contributed by atoms with Crippen molar-refractivity contribution in [1.29, 1.82) is 0 Å². The Hall–Kier alpha value is -1.20. The molecule has 1 heterocycles. The van der Waals surface area contributed by atoms with Gasteiger partial charge >= 0.3 is 0 Å². The lowest BCUT2D eigenvalue weighted by atomic mass is 9.62. The summed E-state index contributed by atoms with van der Waals surface area (Å²) < 4.78 is 13.2. The van der Waals surface area contributed by atoms with Crippen LogP contribution in [0.2, 0.25) is 0 Å². The predicted octanol–water partition coefficient (Wildman–Crippen LogP) is 4.10. The Morgan fingerprint density at radius 2 is 1.76 bits per heavy atom. The lowest BCUT2D eigenvalue weighted by molar-refractivity contribution is -0.184. The van der Waals surface area contributed by atoms with E-state index in [2.05, 4.69) is 5.32 Å². The van der Waals surface area contributed by atoms with Crippen LogP contribution in [0.5, 0.6) is 0 Å². The Bertz CT molecular complexity index is 644. The number of fused-ring (bicyclic) bond motifs is 2. The molecule has 0 unspecified atom stereocenters. The summed E-state index contributed by atoms with van der Waals surface area (Å²) in [5.41, 5.74) is 0.0544. The van der Waals surface area contributed by atoms with Crippen molar-refractivity contribution in [2.45, 2.75) is 75.6 Å². The first-order valence-corrected chi connectivity index (χ1v) is 10.0. The third-order valence-electron chi connectivity index (χ3n) is 6.58. The topological polar surface area (TPSA) is 35.5 Å². The van der Waals surface area contributed by atoms with Gasteiger partial charge in [0.1, 0.15) is 11.5 Å². The minimum atomic E-state index is -0.883. The van der Waals surface area contributed by atoms with E-state index in [0.717, 1.165) is 37.7 Å². The van der Waals surface area contributed by atoms with Crippen molar-refractivity contribution < 1.29 is 9.50 Å². The Balaban J connectivity index is 1.66. The average molecular weight is 363 g/mol. The molecule has 0 aromatic heterocycles. The van der Waals surface area contributed by atoms with Gasteiger partial charge in [0.15, 0.2) is 5.11 Å². The Kier molecular flexibility index (Phi) is 4.49. The van der Waals surface area contributed by atoms with E-state index >= 15 is 0 Å². The minimum absolute atomic E-state index is 0.0379. The Labute approximate surface area is 154 Å². The molecular formula is C20H27FN2OS. The van der Waals surface area contributed by atoms with Gasteiger partial charge in [-0.15, -0.1) is 0 Å². The summed E-state index contributed by atoms with van der Waals surface area (Å²) in [4.78, 5) is 1.97. The molecule has 136 valence electrons. The predicted molar refractivity (Wildman–Crippen MR) is 100 cm³/mol. The molecule has 3 fully saturated rings. The maximum atomic E-state index is 13.2. The van der Waals surface area contributed by atoms with E-state index in [1.165, 1.54) is 37.8 Å². The zero-order valence-electron chi connectivity index (χ0n) is 14.6. The lowest BCUT2D eigenvalue weighted by Crippen LogP contribution is -2.75. The van der Waals surface area contributed by atoms with Crippen LogP contribution in [-0.4, -0.2) is 26.4 Å². The summed E-state index contributed by atoms with van der Waals surface area (Å²) in [5, 5.41) is 16.1. The van der Waals surface area contributed by atoms with E-state index in [1.54, 1.807) is 12.1 Å². The molecule has 1 aromatic carbocycles. The Morgan fingerprint density at radius 3 is 2.48 bits per heavy atom.